The number of phenols is 2. The van der Waals surface area contributed by atoms with E-state index in [1.165, 1.54) is 18.2 Å². The van der Waals surface area contributed by atoms with E-state index in [-0.39, 0.29) is 37.5 Å². The Morgan fingerprint density at radius 2 is 2.00 bits per heavy atom. The van der Waals surface area contributed by atoms with Gasteiger partial charge >= 0.3 is 25.4 Å². The molecule has 0 aliphatic rings. The van der Waals surface area contributed by atoms with Crippen LogP contribution in [0.15, 0.2) is 23.2 Å². The van der Waals surface area contributed by atoms with Crippen molar-refractivity contribution in [1.29, 1.82) is 0 Å². The Morgan fingerprint density at radius 1 is 1.38 bits per heavy atom. The van der Waals surface area contributed by atoms with Gasteiger partial charge in [-0.15, -0.1) is 0 Å². The number of hydrogen-bond acceptors (Lipinski definition) is 4. The van der Waals surface area contributed by atoms with E-state index in [4.69, 9.17) is 10.2 Å². The van der Waals surface area contributed by atoms with Crippen LogP contribution in [0.2, 0.25) is 0 Å². The first-order valence-electron chi connectivity index (χ1n) is 4.26. The van der Waals surface area contributed by atoms with Gasteiger partial charge < -0.3 is 15.3 Å². The van der Waals surface area contributed by atoms with Gasteiger partial charge in [0.1, 0.15) is 18.0 Å². The molecule has 16 heavy (non-hydrogen) atoms. The summed E-state index contributed by atoms with van der Waals surface area (Å²) in [5.74, 6) is -1.21. The Hall–Kier alpha value is -1.42. The molecule has 0 unspecified atom stereocenters. The third-order valence-corrected chi connectivity index (χ3v) is 1.82. The molecule has 3 N–H and O–H groups in total. The fourth-order valence-corrected chi connectivity index (χ4v) is 1.10. The maximum Gasteiger partial charge on any atom is 2.00 e. The van der Waals surface area contributed by atoms with Crippen molar-refractivity contribution in [3.63, 3.8) is 0 Å². The van der Waals surface area contributed by atoms with Crippen LogP contribution in [0.5, 0.6) is 11.5 Å². The number of hydrogen-bond donors (Lipinski definition) is 3. The summed E-state index contributed by atoms with van der Waals surface area (Å²) in [7, 11) is 0. The second-order valence-electron chi connectivity index (χ2n) is 3.00. The molecule has 0 radical (unpaired) electrons. The first-order chi connectivity index (χ1) is 7.00. The van der Waals surface area contributed by atoms with E-state index in [1.54, 1.807) is 6.92 Å². The van der Waals surface area contributed by atoms with E-state index in [2.05, 4.69) is 4.99 Å². The van der Waals surface area contributed by atoms with E-state index in [0.717, 1.165) is 0 Å². The van der Waals surface area contributed by atoms with Gasteiger partial charge in [-0.3, -0.25) is 9.79 Å². The van der Waals surface area contributed by atoms with Gasteiger partial charge in [-0.2, -0.15) is 0 Å². The Labute approximate surface area is 105 Å². The molecule has 0 bridgehead atoms. The normalized spacial score (nSPS) is 10.7. The van der Waals surface area contributed by atoms with Gasteiger partial charge in [0.15, 0.2) is 0 Å². The average Bonchev–Trinajstić information content (AvgIpc) is 2.14. The van der Waals surface area contributed by atoms with Gasteiger partial charge in [0.2, 0.25) is 0 Å². The maximum atomic E-state index is 10.3. The van der Waals surface area contributed by atoms with Crippen molar-refractivity contribution in [2.24, 2.45) is 4.99 Å². The van der Waals surface area contributed by atoms with Gasteiger partial charge in [-0.05, 0) is 19.1 Å². The molecule has 0 aromatic heterocycles. The summed E-state index contributed by atoms with van der Waals surface area (Å²) in [6.45, 7) is 1.25. The molecule has 0 saturated carbocycles. The van der Waals surface area contributed by atoms with Gasteiger partial charge in [0, 0.05) is 17.3 Å². The zero-order chi connectivity index (χ0) is 11.4. The number of aliphatic carboxylic acids is 1. The zero-order valence-corrected chi connectivity index (χ0v) is 11.8. The van der Waals surface area contributed by atoms with E-state index in [0.29, 0.717) is 11.3 Å². The molecule has 0 spiro atoms. The van der Waals surface area contributed by atoms with Gasteiger partial charge in [-0.25, -0.2) is 0 Å². The number of nitrogens with zero attached hydrogens (tertiary/aromatic N) is 1. The Kier molecular flexibility index (Phi) is 5.68. The number of aliphatic imine (C=N–C) groups is 1. The van der Waals surface area contributed by atoms with Crippen LogP contribution in [-0.2, 0) is 24.3 Å². The average molecular weight is 275 g/mol. The molecule has 0 amide bonds. The molecule has 1 aromatic carbocycles. The van der Waals surface area contributed by atoms with Crippen molar-refractivity contribution in [2.75, 3.05) is 6.54 Å². The van der Waals surface area contributed by atoms with Crippen LogP contribution in [0.4, 0.5) is 0 Å². The molecule has 80 valence electrons. The Balaban J connectivity index is 0.00000225. The summed E-state index contributed by atoms with van der Waals surface area (Å²) in [5.41, 5.74) is 0.823. The zero-order valence-electron chi connectivity index (χ0n) is 8.84. The molecular weight excluding hydrogens is 264 g/mol. The molecule has 0 heterocycles. The summed E-state index contributed by atoms with van der Waals surface area (Å²) < 4.78 is 0. The number of rotatable bonds is 3. The predicted octanol–water partition coefficient (Wildman–Crippen LogP) is 0.989. The molecule has 0 saturated heterocycles. The number of phenolic OH excluding ortho intramolecular Hbond substituents is 2. The topological polar surface area (TPSA) is 90.1 Å². The quantitative estimate of drug-likeness (QED) is 0.566. The molecule has 1 aromatic rings. The second kappa shape index (κ2) is 6.23. The molecule has 6 heteroatoms. The van der Waals surface area contributed by atoms with Crippen LogP contribution in [0.25, 0.3) is 0 Å². The van der Waals surface area contributed by atoms with Crippen molar-refractivity contribution >= 4 is 11.7 Å². The van der Waals surface area contributed by atoms with Crippen molar-refractivity contribution in [3.8, 4) is 11.5 Å². The van der Waals surface area contributed by atoms with E-state index in [9.17, 15) is 9.90 Å². The van der Waals surface area contributed by atoms with Crippen molar-refractivity contribution in [1.82, 2.24) is 0 Å². The Morgan fingerprint density at radius 3 is 2.50 bits per heavy atom. The van der Waals surface area contributed by atoms with Crippen LogP contribution in [0.1, 0.15) is 12.5 Å². The summed E-state index contributed by atoms with van der Waals surface area (Å²) in [6, 6.07) is 4.05. The number of carboxylic acids is 1. The monoisotopic (exact) mass is 273 g/mol. The van der Waals surface area contributed by atoms with Gasteiger partial charge in [0.25, 0.3) is 0 Å². The van der Waals surface area contributed by atoms with Crippen LogP contribution in [0, 0.1) is 0 Å². The molecule has 0 atom stereocenters. The van der Waals surface area contributed by atoms with Gasteiger partial charge in [0.05, 0.1) is 0 Å². The van der Waals surface area contributed by atoms with Crippen LogP contribution < -0.4 is 0 Å². The fourth-order valence-electron chi connectivity index (χ4n) is 1.10. The summed E-state index contributed by atoms with van der Waals surface area (Å²) in [6.07, 6.45) is 0. The van der Waals surface area contributed by atoms with Crippen molar-refractivity contribution in [3.05, 3.63) is 23.8 Å². The second-order valence-corrected chi connectivity index (χ2v) is 3.00. The van der Waals surface area contributed by atoms with Crippen LogP contribution in [-0.4, -0.2) is 33.5 Å². The fraction of sp³-hybridized carbons (Fsp3) is 0.200. The number of carbonyl (C=O) groups is 1. The molecule has 0 fully saturated rings. The molecule has 5 nitrogen and oxygen atoms in total. The van der Waals surface area contributed by atoms with Crippen molar-refractivity contribution in [2.45, 2.75) is 6.92 Å². The molecule has 1 rings (SSSR count). The predicted molar refractivity (Wildman–Crippen MR) is 54.5 cm³/mol. The van der Waals surface area contributed by atoms with E-state index < -0.39 is 5.97 Å². The molecule has 0 aliphatic carbocycles. The van der Waals surface area contributed by atoms with Crippen LogP contribution in [0.3, 0.4) is 0 Å². The van der Waals surface area contributed by atoms with Crippen molar-refractivity contribution < 1.29 is 39.6 Å². The largest absolute Gasteiger partial charge is 2.00 e. The number of carboxylic acid groups (broad SMARTS) is 1. The summed E-state index contributed by atoms with van der Waals surface area (Å²) in [4.78, 5) is 14.0. The summed E-state index contributed by atoms with van der Waals surface area (Å²) in [5, 5.41) is 26.9. The minimum atomic E-state index is -1.03. The van der Waals surface area contributed by atoms with Gasteiger partial charge in [-0.1, -0.05) is 0 Å². The number of aromatic hydroxyl groups is 2. The minimum absolute atomic E-state index is 0. The molecule has 0 aliphatic heterocycles. The first kappa shape index (κ1) is 14.6. The van der Waals surface area contributed by atoms with E-state index in [1.807, 2.05) is 0 Å². The Bertz CT molecular complexity index is 417. The maximum absolute atomic E-state index is 10.3. The third kappa shape index (κ3) is 3.99. The number of benzene rings is 1. The SMILES string of the molecule is CC(=NCC(=O)O)c1ccc(O)cc1O.[Zn+2]. The van der Waals surface area contributed by atoms with Crippen LogP contribution >= 0.6 is 0 Å². The standard InChI is InChI=1S/C10H11NO4.Zn/c1-6(11-5-10(14)15)8-3-2-7(12)4-9(8)13;/h2-4,12-13H,5H2,1H3,(H,14,15);/q;+2. The molecular formula is C10H11NO4Zn+2. The summed E-state index contributed by atoms with van der Waals surface area (Å²) >= 11 is 0. The minimum Gasteiger partial charge on any atom is -0.508 e. The third-order valence-electron chi connectivity index (χ3n) is 1.82. The smallest absolute Gasteiger partial charge is 0.508 e. The van der Waals surface area contributed by atoms with E-state index >= 15 is 0 Å². The first-order valence-corrected chi connectivity index (χ1v) is 4.26.